The summed E-state index contributed by atoms with van der Waals surface area (Å²) in [6.45, 7) is 5.91. The van der Waals surface area contributed by atoms with E-state index >= 15 is 0 Å². The molecule has 0 bridgehead atoms. The quantitative estimate of drug-likeness (QED) is 0.869. The first-order valence-electron chi connectivity index (χ1n) is 6.31. The van der Waals surface area contributed by atoms with Gasteiger partial charge in [0.2, 0.25) is 0 Å². The average Bonchev–Trinajstić information content (AvgIpc) is 2.63. The van der Waals surface area contributed by atoms with Gasteiger partial charge in [0.05, 0.1) is 22.6 Å². The van der Waals surface area contributed by atoms with Gasteiger partial charge < -0.3 is 10.3 Å². The van der Waals surface area contributed by atoms with E-state index in [0.29, 0.717) is 16.9 Å². The van der Waals surface area contributed by atoms with Crippen molar-refractivity contribution in [3.8, 4) is 0 Å². The second kappa shape index (κ2) is 4.48. The van der Waals surface area contributed by atoms with Crippen LogP contribution >= 0.6 is 0 Å². The van der Waals surface area contributed by atoms with Crippen LogP contribution in [0.4, 0.5) is 13.2 Å². The molecule has 2 rings (SSSR count). The summed E-state index contributed by atoms with van der Waals surface area (Å²) in [5, 5.41) is 0. The highest BCUT2D eigenvalue weighted by molar-refractivity contribution is 5.77. The van der Waals surface area contributed by atoms with Gasteiger partial charge in [-0.3, -0.25) is 0 Å². The Balaban J connectivity index is 2.58. The van der Waals surface area contributed by atoms with Gasteiger partial charge in [-0.05, 0) is 23.6 Å². The van der Waals surface area contributed by atoms with Crippen LogP contribution in [0.1, 0.15) is 38.2 Å². The largest absolute Gasteiger partial charge is 0.416 e. The van der Waals surface area contributed by atoms with Gasteiger partial charge in [-0.2, -0.15) is 13.2 Å². The standard InChI is InChI=1S/C14H18F3N3/c1-13(2,3)11(18)12-19-9-7-8(14(15,16)17)5-6-10(9)20(12)4/h5-7,11H,18H2,1-4H3. The maximum atomic E-state index is 12.7. The molecule has 0 saturated heterocycles. The van der Waals surface area contributed by atoms with Crippen LogP contribution in [0, 0.1) is 5.41 Å². The molecular weight excluding hydrogens is 267 g/mol. The molecule has 2 aromatic rings. The number of rotatable bonds is 1. The van der Waals surface area contributed by atoms with Crippen LogP contribution in [0.5, 0.6) is 0 Å². The summed E-state index contributed by atoms with van der Waals surface area (Å²) in [7, 11) is 1.77. The zero-order valence-electron chi connectivity index (χ0n) is 11.9. The van der Waals surface area contributed by atoms with Crippen molar-refractivity contribution in [3.05, 3.63) is 29.6 Å². The van der Waals surface area contributed by atoms with Crippen LogP contribution in [0.25, 0.3) is 11.0 Å². The minimum atomic E-state index is -4.36. The summed E-state index contributed by atoms with van der Waals surface area (Å²) in [5.41, 5.74) is 6.20. The van der Waals surface area contributed by atoms with E-state index in [4.69, 9.17) is 5.73 Å². The molecule has 0 aliphatic rings. The number of halogens is 3. The number of imidazole rings is 1. The smallest absolute Gasteiger partial charge is 0.330 e. The molecular formula is C14H18F3N3. The predicted molar refractivity (Wildman–Crippen MR) is 72.1 cm³/mol. The number of aryl methyl sites for hydroxylation is 1. The lowest BCUT2D eigenvalue weighted by molar-refractivity contribution is -0.137. The summed E-state index contributed by atoms with van der Waals surface area (Å²) in [6.07, 6.45) is -4.36. The van der Waals surface area contributed by atoms with E-state index in [1.807, 2.05) is 20.8 Å². The summed E-state index contributed by atoms with van der Waals surface area (Å²) in [5.74, 6) is 0.590. The Labute approximate surface area is 115 Å². The van der Waals surface area contributed by atoms with Crippen molar-refractivity contribution in [2.24, 2.45) is 18.2 Å². The first-order valence-corrected chi connectivity index (χ1v) is 6.31. The number of hydrogen-bond donors (Lipinski definition) is 1. The van der Waals surface area contributed by atoms with Crippen LogP contribution in [0.15, 0.2) is 18.2 Å². The minimum absolute atomic E-state index is 0.220. The SMILES string of the molecule is Cn1c(C(N)C(C)(C)C)nc2cc(C(F)(F)F)ccc21. The fourth-order valence-corrected chi connectivity index (χ4v) is 2.06. The predicted octanol–water partition coefficient (Wildman–Crippen LogP) is 3.64. The Kier molecular flexibility index (Phi) is 3.32. The van der Waals surface area contributed by atoms with E-state index in [-0.39, 0.29) is 11.5 Å². The van der Waals surface area contributed by atoms with Gasteiger partial charge in [0.25, 0.3) is 0 Å². The number of alkyl halides is 3. The van der Waals surface area contributed by atoms with Crippen LogP contribution in [0.2, 0.25) is 0 Å². The maximum absolute atomic E-state index is 12.7. The van der Waals surface area contributed by atoms with Crippen molar-refractivity contribution in [2.45, 2.75) is 33.0 Å². The van der Waals surface area contributed by atoms with Crippen molar-refractivity contribution in [3.63, 3.8) is 0 Å². The number of aromatic nitrogens is 2. The van der Waals surface area contributed by atoms with Crippen molar-refractivity contribution in [1.29, 1.82) is 0 Å². The number of nitrogens with zero attached hydrogens (tertiary/aromatic N) is 2. The zero-order valence-corrected chi connectivity index (χ0v) is 11.9. The highest BCUT2D eigenvalue weighted by Crippen LogP contribution is 2.34. The third-order valence-corrected chi connectivity index (χ3v) is 3.45. The van der Waals surface area contributed by atoms with E-state index in [2.05, 4.69) is 4.98 Å². The van der Waals surface area contributed by atoms with Gasteiger partial charge >= 0.3 is 6.18 Å². The highest BCUT2D eigenvalue weighted by atomic mass is 19.4. The van der Waals surface area contributed by atoms with Gasteiger partial charge in [0.15, 0.2) is 0 Å². The molecule has 0 fully saturated rings. The molecule has 0 aliphatic carbocycles. The summed E-state index contributed by atoms with van der Waals surface area (Å²) < 4.78 is 39.9. The maximum Gasteiger partial charge on any atom is 0.416 e. The van der Waals surface area contributed by atoms with Gasteiger partial charge in [0.1, 0.15) is 5.82 Å². The van der Waals surface area contributed by atoms with Crippen LogP contribution in [-0.2, 0) is 13.2 Å². The molecule has 0 aliphatic heterocycles. The van der Waals surface area contributed by atoms with E-state index in [1.54, 1.807) is 11.6 Å². The fourth-order valence-electron chi connectivity index (χ4n) is 2.06. The molecule has 6 heteroatoms. The number of nitrogens with two attached hydrogens (primary N) is 1. The summed E-state index contributed by atoms with van der Waals surface area (Å²) in [6, 6.07) is 3.21. The molecule has 0 saturated carbocycles. The Morgan fingerprint density at radius 1 is 1.20 bits per heavy atom. The normalized spacial score (nSPS) is 14.8. The molecule has 0 amide bonds. The fraction of sp³-hybridized carbons (Fsp3) is 0.500. The topological polar surface area (TPSA) is 43.8 Å². The van der Waals surface area contributed by atoms with Gasteiger partial charge in [-0.1, -0.05) is 20.8 Å². The number of benzene rings is 1. The monoisotopic (exact) mass is 285 g/mol. The van der Waals surface area contributed by atoms with Crippen LogP contribution in [-0.4, -0.2) is 9.55 Å². The summed E-state index contributed by atoms with van der Waals surface area (Å²) in [4.78, 5) is 4.29. The molecule has 110 valence electrons. The van der Waals surface area contributed by atoms with Crippen LogP contribution in [0.3, 0.4) is 0 Å². The van der Waals surface area contributed by atoms with Crippen molar-refractivity contribution < 1.29 is 13.2 Å². The van der Waals surface area contributed by atoms with Gasteiger partial charge in [0, 0.05) is 7.05 Å². The van der Waals surface area contributed by atoms with Crippen molar-refractivity contribution in [1.82, 2.24) is 9.55 Å². The van der Waals surface area contributed by atoms with Crippen LogP contribution < -0.4 is 5.73 Å². The van der Waals surface area contributed by atoms with E-state index in [0.717, 1.165) is 12.1 Å². The first-order chi connectivity index (χ1) is 9.01. The molecule has 2 N–H and O–H groups in total. The third-order valence-electron chi connectivity index (χ3n) is 3.45. The Bertz CT molecular complexity index is 635. The Morgan fingerprint density at radius 2 is 1.80 bits per heavy atom. The Morgan fingerprint density at radius 3 is 2.30 bits per heavy atom. The molecule has 1 aromatic carbocycles. The molecule has 1 unspecified atom stereocenters. The summed E-state index contributed by atoms with van der Waals surface area (Å²) >= 11 is 0. The van der Waals surface area contributed by atoms with E-state index in [9.17, 15) is 13.2 Å². The van der Waals surface area contributed by atoms with Gasteiger partial charge in [-0.15, -0.1) is 0 Å². The molecule has 1 atom stereocenters. The second-order valence-corrected chi connectivity index (χ2v) is 6.07. The van der Waals surface area contributed by atoms with E-state index in [1.165, 1.54) is 6.07 Å². The van der Waals surface area contributed by atoms with Crippen molar-refractivity contribution >= 4 is 11.0 Å². The first kappa shape index (κ1) is 14.8. The number of fused-ring (bicyclic) bond motifs is 1. The average molecular weight is 285 g/mol. The molecule has 3 nitrogen and oxygen atoms in total. The Hall–Kier alpha value is -1.56. The second-order valence-electron chi connectivity index (χ2n) is 6.07. The lowest BCUT2D eigenvalue weighted by atomic mass is 9.87. The molecule has 0 spiro atoms. The molecule has 20 heavy (non-hydrogen) atoms. The molecule has 0 radical (unpaired) electrons. The van der Waals surface area contributed by atoms with E-state index < -0.39 is 11.7 Å². The molecule has 1 aromatic heterocycles. The highest BCUT2D eigenvalue weighted by Gasteiger charge is 2.32. The lowest BCUT2D eigenvalue weighted by Crippen LogP contribution is -2.28. The number of hydrogen-bond acceptors (Lipinski definition) is 2. The van der Waals surface area contributed by atoms with Crippen molar-refractivity contribution in [2.75, 3.05) is 0 Å². The third kappa shape index (κ3) is 2.52. The zero-order chi connectivity index (χ0) is 15.3. The molecule has 1 heterocycles. The van der Waals surface area contributed by atoms with Gasteiger partial charge in [-0.25, -0.2) is 4.98 Å². The lowest BCUT2D eigenvalue weighted by Gasteiger charge is -2.26. The minimum Gasteiger partial charge on any atom is -0.330 e.